The molecule has 0 unspecified atom stereocenters. The average Bonchev–Trinajstić information content (AvgIpc) is 2.26. The van der Waals surface area contributed by atoms with Crippen molar-refractivity contribution in [2.24, 2.45) is 0 Å². The summed E-state index contributed by atoms with van der Waals surface area (Å²) in [7, 11) is 1.61. The number of nitrogens with zero attached hydrogens (tertiary/aromatic N) is 2. The number of ether oxygens (including phenoxy) is 2. The van der Waals surface area contributed by atoms with Gasteiger partial charge in [0.05, 0.1) is 6.10 Å². The van der Waals surface area contributed by atoms with E-state index in [1.54, 1.807) is 13.2 Å². The van der Waals surface area contributed by atoms with Crippen LogP contribution >= 0.6 is 0 Å². The van der Waals surface area contributed by atoms with E-state index in [4.69, 9.17) is 15.2 Å². The minimum absolute atomic E-state index is 0.367. The van der Waals surface area contributed by atoms with Gasteiger partial charge in [-0.2, -0.15) is 0 Å². The van der Waals surface area contributed by atoms with Crippen LogP contribution in [0.1, 0.15) is 25.6 Å². The van der Waals surface area contributed by atoms with Gasteiger partial charge in [-0.1, -0.05) is 0 Å². The molecule has 0 bridgehead atoms. The Morgan fingerprint density at radius 2 is 2.22 bits per heavy atom. The zero-order valence-corrected chi connectivity index (χ0v) is 10.8. The zero-order chi connectivity index (χ0) is 13.0. The molecule has 3 N–H and O–H groups in total. The van der Waals surface area contributed by atoms with Crippen molar-refractivity contribution in [1.29, 1.82) is 0 Å². The molecule has 1 aromatic heterocycles. The molecule has 18 heavy (non-hydrogen) atoms. The van der Waals surface area contributed by atoms with E-state index in [1.807, 2.05) is 6.92 Å². The van der Waals surface area contributed by atoms with E-state index in [1.165, 1.54) is 0 Å². The molecule has 1 aromatic rings. The number of aromatic nitrogens is 2. The minimum Gasteiger partial charge on any atom is -0.384 e. The molecule has 0 aliphatic heterocycles. The summed E-state index contributed by atoms with van der Waals surface area (Å²) in [5, 5.41) is 3.34. The van der Waals surface area contributed by atoms with Gasteiger partial charge in [0.15, 0.2) is 5.82 Å². The first-order chi connectivity index (χ1) is 8.71. The van der Waals surface area contributed by atoms with Gasteiger partial charge in [-0.05, 0) is 19.8 Å². The Bertz CT molecular complexity index is 394. The number of anilines is 2. The zero-order valence-electron chi connectivity index (χ0n) is 10.8. The van der Waals surface area contributed by atoms with E-state index in [-0.39, 0.29) is 0 Å². The molecule has 0 saturated heterocycles. The molecule has 0 aromatic carbocycles. The first kappa shape index (κ1) is 13.0. The predicted octanol–water partition coefficient (Wildman–Crippen LogP) is 1.18. The fourth-order valence-electron chi connectivity index (χ4n) is 2.05. The van der Waals surface area contributed by atoms with E-state index in [2.05, 4.69) is 15.3 Å². The normalized spacial score (nSPS) is 22.6. The fraction of sp³-hybridized carbons (Fsp3) is 0.667. The van der Waals surface area contributed by atoms with Crippen LogP contribution in [0.25, 0.3) is 0 Å². The number of nitrogen functional groups attached to an aromatic ring is 1. The molecule has 0 atom stereocenters. The van der Waals surface area contributed by atoms with Gasteiger partial charge in [-0.3, -0.25) is 0 Å². The maximum absolute atomic E-state index is 5.73. The first-order valence-corrected chi connectivity index (χ1v) is 6.21. The van der Waals surface area contributed by atoms with Gasteiger partial charge in [-0.15, -0.1) is 0 Å². The molecular weight excluding hydrogens is 232 g/mol. The quantitative estimate of drug-likeness (QED) is 0.791. The van der Waals surface area contributed by atoms with Gasteiger partial charge in [0.2, 0.25) is 0 Å². The highest BCUT2D eigenvalue weighted by atomic mass is 16.5. The lowest BCUT2D eigenvalue weighted by atomic mass is 9.89. The van der Waals surface area contributed by atoms with Gasteiger partial charge in [-0.25, -0.2) is 9.97 Å². The van der Waals surface area contributed by atoms with Crippen LogP contribution in [0.3, 0.4) is 0 Å². The summed E-state index contributed by atoms with van der Waals surface area (Å²) in [5.41, 5.74) is 5.73. The van der Waals surface area contributed by atoms with Crippen molar-refractivity contribution in [3.05, 3.63) is 11.9 Å². The number of nitrogens with one attached hydrogen (secondary N) is 1. The highest BCUT2D eigenvalue weighted by Crippen LogP contribution is 2.26. The van der Waals surface area contributed by atoms with Crippen LogP contribution < -0.4 is 11.1 Å². The van der Waals surface area contributed by atoms with Crippen LogP contribution in [0.5, 0.6) is 0 Å². The average molecular weight is 252 g/mol. The monoisotopic (exact) mass is 252 g/mol. The van der Waals surface area contributed by atoms with Crippen LogP contribution in [0, 0.1) is 0 Å². The van der Waals surface area contributed by atoms with E-state index < -0.39 is 0 Å². The largest absolute Gasteiger partial charge is 0.384 e. The predicted molar refractivity (Wildman–Crippen MR) is 69.2 cm³/mol. The molecule has 1 aliphatic rings. The van der Waals surface area contributed by atoms with E-state index in [0.29, 0.717) is 30.4 Å². The van der Waals surface area contributed by atoms with Gasteiger partial charge < -0.3 is 20.5 Å². The lowest BCUT2D eigenvalue weighted by Crippen LogP contribution is -2.41. The Labute approximate surface area is 107 Å². The third-order valence-electron chi connectivity index (χ3n) is 2.91. The van der Waals surface area contributed by atoms with E-state index >= 15 is 0 Å². The van der Waals surface area contributed by atoms with Crippen LogP contribution in [0.15, 0.2) is 6.07 Å². The Morgan fingerprint density at radius 3 is 2.89 bits per heavy atom. The first-order valence-electron chi connectivity index (χ1n) is 6.21. The highest BCUT2D eigenvalue weighted by Gasteiger charge is 2.29. The molecule has 0 amide bonds. The number of methoxy groups -OCH3 is 1. The molecular formula is C12H20N4O2. The Kier molecular flexibility index (Phi) is 4.33. The Morgan fingerprint density at radius 1 is 1.44 bits per heavy atom. The second kappa shape index (κ2) is 5.97. The van der Waals surface area contributed by atoms with Gasteiger partial charge in [0, 0.05) is 25.8 Å². The molecule has 6 heteroatoms. The smallest absolute Gasteiger partial charge is 0.158 e. The van der Waals surface area contributed by atoms with E-state index in [9.17, 15) is 0 Å². The van der Waals surface area contributed by atoms with Crippen molar-refractivity contribution in [2.45, 2.75) is 38.5 Å². The standard InChI is InChI=1S/C12H20N4O2/c1-3-18-9-4-8(5-9)14-11-6-10(13)15-12(16-11)7-17-2/h6,8-9H,3-5,7H2,1-2H3,(H3,13,14,15,16). The molecule has 100 valence electrons. The van der Waals surface area contributed by atoms with Crippen molar-refractivity contribution in [3.63, 3.8) is 0 Å². The lowest BCUT2D eigenvalue weighted by molar-refractivity contribution is 0.00292. The molecule has 1 fully saturated rings. The van der Waals surface area contributed by atoms with Crippen molar-refractivity contribution >= 4 is 11.6 Å². The number of nitrogens with two attached hydrogens (primary N) is 1. The third-order valence-corrected chi connectivity index (χ3v) is 2.91. The summed E-state index contributed by atoms with van der Waals surface area (Å²) in [6, 6.07) is 2.15. The summed E-state index contributed by atoms with van der Waals surface area (Å²) < 4.78 is 10.5. The Hall–Kier alpha value is -1.40. The molecule has 1 aliphatic carbocycles. The van der Waals surface area contributed by atoms with Crippen LogP contribution in [0.4, 0.5) is 11.6 Å². The van der Waals surface area contributed by atoms with Crippen molar-refractivity contribution in [1.82, 2.24) is 9.97 Å². The fourth-order valence-corrected chi connectivity index (χ4v) is 2.05. The molecule has 2 rings (SSSR count). The van der Waals surface area contributed by atoms with Gasteiger partial charge in [0.1, 0.15) is 18.2 Å². The van der Waals surface area contributed by atoms with Crippen LogP contribution in [-0.2, 0) is 16.1 Å². The van der Waals surface area contributed by atoms with Crippen molar-refractivity contribution < 1.29 is 9.47 Å². The number of hydrogen-bond donors (Lipinski definition) is 2. The van der Waals surface area contributed by atoms with E-state index in [0.717, 1.165) is 25.3 Å². The van der Waals surface area contributed by atoms with Gasteiger partial charge >= 0.3 is 0 Å². The maximum Gasteiger partial charge on any atom is 0.158 e. The summed E-state index contributed by atoms with van der Waals surface area (Å²) in [5.74, 6) is 1.82. The minimum atomic E-state index is 0.367. The van der Waals surface area contributed by atoms with Crippen molar-refractivity contribution in [3.8, 4) is 0 Å². The second-order valence-corrected chi connectivity index (χ2v) is 4.42. The summed E-state index contributed by atoms with van der Waals surface area (Å²) >= 11 is 0. The topological polar surface area (TPSA) is 82.3 Å². The maximum atomic E-state index is 5.73. The summed E-state index contributed by atoms with van der Waals surface area (Å²) in [6.45, 7) is 3.16. The highest BCUT2D eigenvalue weighted by molar-refractivity contribution is 5.45. The molecule has 1 saturated carbocycles. The molecule has 1 heterocycles. The van der Waals surface area contributed by atoms with Crippen LogP contribution in [-0.4, -0.2) is 35.8 Å². The molecule has 6 nitrogen and oxygen atoms in total. The summed E-state index contributed by atoms with van der Waals surface area (Å²) in [4.78, 5) is 8.44. The van der Waals surface area contributed by atoms with Crippen LogP contribution in [0.2, 0.25) is 0 Å². The molecule has 0 spiro atoms. The SMILES string of the molecule is CCOC1CC(Nc2cc(N)nc(COC)n2)C1. The third kappa shape index (κ3) is 3.30. The second-order valence-electron chi connectivity index (χ2n) is 4.42. The number of hydrogen-bond acceptors (Lipinski definition) is 6. The van der Waals surface area contributed by atoms with Crippen molar-refractivity contribution in [2.75, 3.05) is 24.8 Å². The number of rotatable bonds is 6. The van der Waals surface area contributed by atoms with Gasteiger partial charge in [0.25, 0.3) is 0 Å². The lowest BCUT2D eigenvalue weighted by Gasteiger charge is -2.35. The Balaban J connectivity index is 1.90. The summed E-state index contributed by atoms with van der Waals surface area (Å²) in [6.07, 6.45) is 2.40. The molecule has 0 radical (unpaired) electrons.